The standard InChI is InChI=1S/C30H30N2O3/c1-17-22(30(34)35-2)9-6-10-24(17)32-29(33)21-13-14-25-23(16-21)26-19-11-12-20(15-19)27(26)28(31-25)18-7-4-3-5-8-18/h3-10,13-14,16,19-20,26-28,31H,11-12,15H2,1-2H3,(H,32,33)/t19-,20-,26-,27+,28+/m0/s1. The van der Waals surface area contributed by atoms with Gasteiger partial charge < -0.3 is 15.4 Å². The molecule has 0 aromatic heterocycles. The van der Waals surface area contributed by atoms with Crippen molar-refractivity contribution >= 4 is 23.3 Å². The molecule has 5 heteroatoms. The highest BCUT2D eigenvalue weighted by Crippen LogP contribution is 2.63. The van der Waals surface area contributed by atoms with Crippen LogP contribution in [-0.4, -0.2) is 19.0 Å². The quantitative estimate of drug-likeness (QED) is 0.441. The van der Waals surface area contributed by atoms with Gasteiger partial charge in [0.2, 0.25) is 0 Å². The molecule has 0 spiro atoms. The summed E-state index contributed by atoms with van der Waals surface area (Å²) in [5.74, 6) is 1.89. The first kappa shape index (κ1) is 21.9. The molecule has 2 bridgehead atoms. The molecule has 1 heterocycles. The second kappa shape index (κ2) is 8.56. The van der Waals surface area contributed by atoms with Gasteiger partial charge in [-0.25, -0.2) is 4.79 Å². The number of hydrogen-bond donors (Lipinski definition) is 2. The number of carbonyl (C=O) groups excluding carboxylic acids is 2. The van der Waals surface area contributed by atoms with Crippen molar-refractivity contribution in [2.45, 2.75) is 38.1 Å². The van der Waals surface area contributed by atoms with Gasteiger partial charge >= 0.3 is 5.97 Å². The first-order valence-corrected chi connectivity index (χ1v) is 12.5. The van der Waals surface area contributed by atoms with Gasteiger partial charge in [-0.2, -0.15) is 0 Å². The predicted molar refractivity (Wildman–Crippen MR) is 137 cm³/mol. The molecule has 1 amide bonds. The van der Waals surface area contributed by atoms with Crippen molar-refractivity contribution in [1.29, 1.82) is 0 Å². The molecule has 3 aromatic carbocycles. The molecule has 5 nitrogen and oxygen atoms in total. The SMILES string of the molecule is COC(=O)c1cccc(NC(=O)c2ccc3c(c2)[C@@H]2[C@H]4CC[C@@H](C4)[C@H]2[C@@H](c2ccccc2)N3)c1C. The van der Waals surface area contributed by atoms with Crippen LogP contribution in [-0.2, 0) is 4.74 Å². The number of rotatable bonds is 4. The lowest BCUT2D eigenvalue weighted by atomic mass is 9.68. The van der Waals surface area contributed by atoms with E-state index in [0.717, 1.165) is 11.6 Å². The molecule has 0 saturated heterocycles. The summed E-state index contributed by atoms with van der Waals surface area (Å²) in [6.07, 6.45) is 3.88. The molecule has 3 aromatic rings. The van der Waals surface area contributed by atoms with Gasteiger partial charge in [-0.1, -0.05) is 36.4 Å². The fourth-order valence-electron chi connectivity index (χ4n) is 6.91. The Kier molecular flexibility index (Phi) is 5.36. The summed E-state index contributed by atoms with van der Waals surface area (Å²) in [5.41, 5.74) is 6.20. The molecule has 178 valence electrons. The van der Waals surface area contributed by atoms with E-state index in [2.05, 4.69) is 53.1 Å². The molecule has 2 fully saturated rings. The number of nitrogens with one attached hydrogen (secondary N) is 2. The first-order valence-electron chi connectivity index (χ1n) is 12.5. The number of esters is 1. The Hall–Kier alpha value is -3.60. The summed E-state index contributed by atoms with van der Waals surface area (Å²) in [6.45, 7) is 1.82. The fourth-order valence-corrected chi connectivity index (χ4v) is 6.91. The maximum atomic E-state index is 13.3. The molecule has 2 N–H and O–H groups in total. The molecule has 2 aliphatic carbocycles. The summed E-state index contributed by atoms with van der Waals surface area (Å²) in [4.78, 5) is 25.4. The van der Waals surface area contributed by atoms with E-state index in [-0.39, 0.29) is 5.91 Å². The Morgan fingerprint density at radius 2 is 1.77 bits per heavy atom. The molecule has 2 saturated carbocycles. The molecule has 35 heavy (non-hydrogen) atoms. The van der Waals surface area contributed by atoms with Crippen LogP contribution in [0.2, 0.25) is 0 Å². The molecular weight excluding hydrogens is 436 g/mol. The maximum absolute atomic E-state index is 13.3. The second-order valence-electron chi connectivity index (χ2n) is 10.2. The van der Waals surface area contributed by atoms with Crippen LogP contribution < -0.4 is 10.6 Å². The van der Waals surface area contributed by atoms with Crippen LogP contribution in [0.5, 0.6) is 0 Å². The highest BCUT2D eigenvalue weighted by molar-refractivity contribution is 6.06. The molecule has 5 atom stereocenters. The lowest BCUT2D eigenvalue weighted by Crippen LogP contribution is -2.35. The van der Waals surface area contributed by atoms with Crippen LogP contribution in [0.15, 0.2) is 66.7 Å². The van der Waals surface area contributed by atoms with Gasteiger partial charge in [0, 0.05) is 16.9 Å². The highest BCUT2D eigenvalue weighted by Gasteiger charge is 2.53. The minimum Gasteiger partial charge on any atom is -0.465 e. The Balaban J connectivity index is 1.32. The smallest absolute Gasteiger partial charge is 0.338 e. The lowest BCUT2D eigenvalue weighted by Gasteiger charge is -2.43. The largest absolute Gasteiger partial charge is 0.465 e. The first-order chi connectivity index (χ1) is 17.0. The topological polar surface area (TPSA) is 67.4 Å². The number of ether oxygens (including phenoxy) is 1. The number of benzene rings is 3. The number of amides is 1. The van der Waals surface area contributed by atoms with E-state index < -0.39 is 5.97 Å². The number of fused-ring (bicyclic) bond motifs is 7. The van der Waals surface area contributed by atoms with Gasteiger partial charge in [0.15, 0.2) is 0 Å². The Morgan fingerprint density at radius 3 is 2.57 bits per heavy atom. The molecule has 6 rings (SSSR count). The van der Waals surface area contributed by atoms with E-state index in [1.807, 2.05) is 19.1 Å². The molecule has 0 unspecified atom stereocenters. The maximum Gasteiger partial charge on any atom is 0.338 e. The zero-order valence-corrected chi connectivity index (χ0v) is 20.1. The number of carbonyl (C=O) groups is 2. The van der Waals surface area contributed by atoms with Crippen LogP contribution in [0.3, 0.4) is 0 Å². The number of anilines is 2. The lowest BCUT2D eigenvalue weighted by molar-refractivity contribution is 0.0599. The Labute approximate surface area is 205 Å². The minimum atomic E-state index is -0.409. The van der Waals surface area contributed by atoms with Gasteiger partial charge in [-0.3, -0.25) is 4.79 Å². The van der Waals surface area contributed by atoms with Crippen molar-refractivity contribution < 1.29 is 14.3 Å². The van der Waals surface area contributed by atoms with Gasteiger partial charge in [-0.15, -0.1) is 0 Å². The normalized spacial score (nSPS) is 25.8. The summed E-state index contributed by atoms with van der Waals surface area (Å²) in [6, 6.07) is 22.5. The summed E-state index contributed by atoms with van der Waals surface area (Å²) in [7, 11) is 1.36. The van der Waals surface area contributed by atoms with E-state index >= 15 is 0 Å². The number of hydrogen-bond acceptors (Lipinski definition) is 4. The summed E-state index contributed by atoms with van der Waals surface area (Å²) >= 11 is 0. The van der Waals surface area contributed by atoms with Crippen LogP contribution in [0, 0.1) is 24.7 Å². The van der Waals surface area contributed by atoms with Crippen molar-refractivity contribution in [3.05, 3.63) is 94.5 Å². The second-order valence-corrected chi connectivity index (χ2v) is 10.2. The monoisotopic (exact) mass is 466 g/mol. The molecule has 1 aliphatic heterocycles. The van der Waals surface area contributed by atoms with Crippen LogP contribution in [0.1, 0.15) is 68.6 Å². The molecule has 0 radical (unpaired) electrons. The van der Waals surface area contributed by atoms with Crippen molar-refractivity contribution in [3.63, 3.8) is 0 Å². The van der Waals surface area contributed by atoms with Crippen LogP contribution in [0.4, 0.5) is 11.4 Å². The van der Waals surface area contributed by atoms with E-state index in [1.165, 1.54) is 37.5 Å². The van der Waals surface area contributed by atoms with Crippen molar-refractivity contribution in [3.8, 4) is 0 Å². The summed E-state index contributed by atoms with van der Waals surface area (Å²) in [5, 5.41) is 6.85. The average molecular weight is 467 g/mol. The third kappa shape index (κ3) is 3.61. The average Bonchev–Trinajstić information content (AvgIpc) is 3.52. The van der Waals surface area contributed by atoms with Gasteiger partial charge in [0.1, 0.15) is 0 Å². The number of methoxy groups -OCH3 is 1. The Bertz CT molecular complexity index is 1300. The van der Waals surface area contributed by atoms with E-state index in [1.54, 1.807) is 12.1 Å². The van der Waals surface area contributed by atoms with Gasteiger partial charge in [-0.05, 0) is 96.9 Å². The van der Waals surface area contributed by atoms with Crippen molar-refractivity contribution in [2.75, 3.05) is 17.7 Å². The predicted octanol–water partition coefficient (Wildman–Crippen LogP) is 6.33. The third-order valence-electron chi connectivity index (χ3n) is 8.50. The zero-order valence-electron chi connectivity index (χ0n) is 20.1. The minimum absolute atomic E-state index is 0.164. The third-order valence-corrected chi connectivity index (χ3v) is 8.50. The fraction of sp³-hybridized carbons (Fsp3) is 0.333. The zero-order chi connectivity index (χ0) is 24.1. The summed E-state index contributed by atoms with van der Waals surface area (Å²) < 4.78 is 4.87. The van der Waals surface area contributed by atoms with E-state index in [9.17, 15) is 9.59 Å². The van der Waals surface area contributed by atoms with Crippen LogP contribution in [0.25, 0.3) is 0 Å². The van der Waals surface area contributed by atoms with E-state index in [4.69, 9.17) is 4.74 Å². The van der Waals surface area contributed by atoms with Crippen molar-refractivity contribution in [1.82, 2.24) is 0 Å². The van der Waals surface area contributed by atoms with Gasteiger partial charge in [0.05, 0.1) is 18.7 Å². The highest BCUT2D eigenvalue weighted by atomic mass is 16.5. The Morgan fingerprint density at radius 1 is 0.971 bits per heavy atom. The van der Waals surface area contributed by atoms with Crippen LogP contribution >= 0.6 is 0 Å². The molecular formula is C30H30N2O3. The molecule has 3 aliphatic rings. The van der Waals surface area contributed by atoms with Crippen molar-refractivity contribution in [2.24, 2.45) is 17.8 Å². The van der Waals surface area contributed by atoms with Gasteiger partial charge in [0.25, 0.3) is 5.91 Å². The van der Waals surface area contributed by atoms with E-state index in [0.29, 0.717) is 46.2 Å².